The van der Waals surface area contributed by atoms with Gasteiger partial charge in [-0.25, -0.2) is 9.48 Å². The van der Waals surface area contributed by atoms with Gasteiger partial charge in [-0.1, -0.05) is 36.4 Å². The molecule has 0 bridgehead atoms. The highest BCUT2D eigenvalue weighted by Gasteiger charge is 2.24. The number of amides is 1. The third kappa shape index (κ3) is 5.51. The molecule has 0 saturated heterocycles. The molecular weight excluding hydrogens is 414 g/mol. The molecule has 1 aromatic heterocycles. The number of methoxy groups -OCH3 is 1. The number of rotatable bonds is 9. The number of benzene rings is 2. The fourth-order valence-electron chi connectivity index (χ4n) is 2.90. The number of anilines is 1. The lowest BCUT2D eigenvalue weighted by Gasteiger charge is -2.21. The molecule has 0 aliphatic heterocycles. The van der Waals surface area contributed by atoms with Crippen LogP contribution in [0.3, 0.4) is 0 Å². The number of esters is 2. The molecule has 0 spiro atoms. The van der Waals surface area contributed by atoms with E-state index in [0.29, 0.717) is 5.69 Å². The fourth-order valence-corrected chi connectivity index (χ4v) is 2.90. The standard InChI is InChI=1S/C23H23N3O6/c1-3-31-21(28)15-25(17-10-6-4-7-11-17)20(27)16-32-23(29)22-19(30-2)14-26(24-22)18-12-8-5-9-13-18/h4-14H,3,15-16H2,1-2H3. The number of carbonyl (C=O) groups is 3. The van der Waals surface area contributed by atoms with E-state index in [1.165, 1.54) is 16.7 Å². The number of hydrogen-bond donors (Lipinski definition) is 0. The molecule has 0 radical (unpaired) electrons. The molecule has 9 nitrogen and oxygen atoms in total. The van der Waals surface area contributed by atoms with Gasteiger partial charge in [0.05, 0.1) is 25.6 Å². The predicted molar refractivity (Wildman–Crippen MR) is 116 cm³/mol. The van der Waals surface area contributed by atoms with Gasteiger partial charge in [-0.3, -0.25) is 14.5 Å². The lowest BCUT2D eigenvalue weighted by molar-refractivity contribution is -0.142. The first kappa shape index (κ1) is 22.5. The fraction of sp³-hybridized carbons (Fsp3) is 0.217. The third-order valence-corrected chi connectivity index (χ3v) is 4.40. The van der Waals surface area contributed by atoms with Crippen molar-refractivity contribution in [3.05, 3.63) is 72.6 Å². The number of ether oxygens (including phenoxy) is 3. The molecule has 3 rings (SSSR count). The molecule has 1 heterocycles. The van der Waals surface area contributed by atoms with Gasteiger partial charge in [0.15, 0.2) is 12.4 Å². The largest absolute Gasteiger partial charge is 0.493 e. The summed E-state index contributed by atoms with van der Waals surface area (Å²) in [6, 6.07) is 17.8. The van der Waals surface area contributed by atoms with E-state index in [1.807, 2.05) is 30.3 Å². The Bertz CT molecular complexity index is 1070. The van der Waals surface area contributed by atoms with Crippen molar-refractivity contribution in [2.75, 3.05) is 31.8 Å². The van der Waals surface area contributed by atoms with Crippen molar-refractivity contribution >= 4 is 23.5 Å². The highest BCUT2D eigenvalue weighted by atomic mass is 16.5. The molecule has 0 saturated carbocycles. The van der Waals surface area contributed by atoms with Gasteiger partial charge in [0, 0.05) is 5.69 Å². The second kappa shape index (κ2) is 10.8. The summed E-state index contributed by atoms with van der Waals surface area (Å²) in [5.41, 5.74) is 1.14. The summed E-state index contributed by atoms with van der Waals surface area (Å²) >= 11 is 0. The van der Waals surface area contributed by atoms with Crippen LogP contribution in [0.1, 0.15) is 17.4 Å². The van der Waals surface area contributed by atoms with Crippen molar-refractivity contribution in [1.82, 2.24) is 9.78 Å². The van der Waals surface area contributed by atoms with Crippen LogP contribution < -0.4 is 9.64 Å². The van der Waals surface area contributed by atoms with Gasteiger partial charge in [-0.2, -0.15) is 5.10 Å². The van der Waals surface area contributed by atoms with E-state index in [0.717, 1.165) is 5.69 Å². The van der Waals surface area contributed by atoms with Crippen LogP contribution in [0.2, 0.25) is 0 Å². The quantitative estimate of drug-likeness (QED) is 0.475. The lowest BCUT2D eigenvalue weighted by Crippen LogP contribution is -2.39. The van der Waals surface area contributed by atoms with Gasteiger partial charge in [0.1, 0.15) is 6.54 Å². The highest BCUT2D eigenvalue weighted by Crippen LogP contribution is 2.20. The summed E-state index contributed by atoms with van der Waals surface area (Å²) in [7, 11) is 1.41. The summed E-state index contributed by atoms with van der Waals surface area (Å²) in [5, 5.41) is 4.22. The molecule has 0 atom stereocenters. The highest BCUT2D eigenvalue weighted by molar-refractivity contribution is 6.00. The second-order valence-electron chi connectivity index (χ2n) is 6.52. The van der Waals surface area contributed by atoms with Crippen LogP contribution in [-0.2, 0) is 19.1 Å². The number of hydrogen-bond acceptors (Lipinski definition) is 7. The topological polar surface area (TPSA) is 100.0 Å². The molecule has 2 aromatic carbocycles. The summed E-state index contributed by atoms with van der Waals surface area (Å²) < 4.78 is 16.8. The SMILES string of the molecule is CCOC(=O)CN(C(=O)COC(=O)c1nn(-c2ccccc2)cc1OC)c1ccccc1. The summed E-state index contributed by atoms with van der Waals surface area (Å²) in [6.07, 6.45) is 1.55. The van der Waals surface area contributed by atoms with Crippen molar-refractivity contribution < 1.29 is 28.6 Å². The van der Waals surface area contributed by atoms with Crippen molar-refractivity contribution in [2.24, 2.45) is 0 Å². The minimum absolute atomic E-state index is 0.0687. The molecule has 1 amide bonds. The van der Waals surface area contributed by atoms with Crippen molar-refractivity contribution in [3.8, 4) is 11.4 Å². The van der Waals surface area contributed by atoms with Crippen LogP contribution in [0.25, 0.3) is 5.69 Å². The first-order valence-corrected chi connectivity index (χ1v) is 9.90. The zero-order valence-corrected chi connectivity index (χ0v) is 17.8. The van der Waals surface area contributed by atoms with E-state index < -0.39 is 24.5 Å². The monoisotopic (exact) mass is 437 g/mol. The van der Waals surface area contributed by atoms with Crippen LogP contribution in [0.15, 0.2) is 66.9 Å². The zero-order chi connectivity index (χ0) is 22.9. The first-order chi connectivity index (χ1) is 15.5. The summed E-state index contributed by atoms with van der Waals surface area (Å²) in [6.45, 7) is 0.972. The van der Waals surface area contributed by atoms with Crippen molar-refractivity contribution in [2.45, 2.75) is 6.92 Å². The molecule has 3 aromatic rings. The first-order valence-electron chi connectivity index (χ1n) is 9.90. The molecule has 32 heavy (non-hydrogen) atoms. The minimum atomic E-state index is -0.825. The Morgan fingerprint density at radius 1 is 0.969 bits per heavy atom. The predicted octanol–water partition coefficient (Wildman–Crippen LogP) is 2.63. The van der Waals surface area contributed by atoms with E-state index in [-0.39, 0.29) is 24.6 Å². The second-order valence-corrected chi connectivity index (χ2v) is 6.52. The summed E-state index contributed by atoms with van der Waals surface area (Å²) in [5.74, 6) is -1.77. The number of nitrogens with zero attached hydrogens (tertiary/aromatic N) is 3. The van der Waals surface area contributed by atoms with Gasteiger partial charge in [-0.15, -0.1) is 0 Å². The van der Waals surface area contributed by atoms with Crippen LogP contribution in [0.4, 0.5) is 5.69 Å². The van der Waals surface area contributed by atoms with Gasteiger partial charge < -0.3 is 14.2 Å². The Kier molecular flexibility index (Phi) is 7.58. The van der Waals surface area contributed by atoms with Gasteiger partial charge in [-0.05, 0) is 31.2 Å². The van der Waals surface area contributed by atoms with Gasteiger partial charge in [0.2, 0.25) is 5.69 Å². The molecule has 0 aliphatic carbocycles. The van der Waals surface area contributed by atoms with Crippen LogP contribution in [0.5, 0.6) is 5.75 Å². The normalized spacial score (nSPS) is 10.3. The van der Waals surface area contributed by atoms with Crippen molar-refractivity contribution in [3.63, 3.8) is 0 Å². The van der Waals surface area contributed by atoms with Crippen LogP contribution >= 0.6 is 0 Å². The molecule has 0 aliphatic rings. The summed E-state index contributed by atoms with van der Waals surface area (Å²) in [4.78, 5) is 38.6. The Hall–Kier alpha value is -4.14. The maximum absolute atomic E-state index is 12.8. The van der Waals surface area contributed by atoms with Crippen LogP contribution in [0, 0.1) is 0 Å². The van der Waals surface area contributed by atoms with Gasteiger partial charge in [0.25, 0.3) is 5.91 Å². The number of para-hydroxylation sites is 2. The van der Waals surface area contributed by atoms with E-state index in [2.05, 4.69) is 5.10 Å². The van der Waals surface area contributed by atoms with E-state index in [9.17, 15) is 14.4 Å². The molecule has 166 valence electrons. The van der Waals surface area contributed by atoms with Crippen molar-refractivity contribution in [1.29, 1.82) is 0 Å². The van der Waals surface area contributed by atoms with E-state index in [1.54, 1.807) is 43.5 Å². The number of carbonyl (C=O) groups excluding carboxylic acids is 3. The number of aromatic nitrogens is 2. The van der Waals surface area contributed by atoms with Crippen LogP contribution in [-0.4, -0.2) is 54.5 Å². The molecule has 9 heteroatoms. The Labute approximate surface area is 185 Å². The molecule has 0 N–H and O–H groups in total. The Balaban J connectivity index is 1.73. The molecule has 0 fully saturated rings. The minimum Gasteiger partial charge on any atom is -0.493 e. The zero-order valence-electron chi connectivity index (χ0n) is 17.8. The maximum atomic E-state index is 12.8. The van der Waals surface area contributed by atoms with Gasteiger partial charge >= 0.3 is 11.9 Å². The lowest BCUT2D eigenvalue weighted by atomic mass is 10.3. The van der Waals surface area contributed by atoms with E-state index >= 15 is 0 Å². The third-order valence-electron chi connectivity index (χ3n) is 4.40. The van der Waals surface area contributed by atoms with E-state index in [4.69, 9.17) is 14.2 Å². The smallest absolute Gasteiger partial charge is 0.363 e. The Morgan fingerprint density at radius 2 is 1.62 bits per heavy atom. The maximum Gasteiger partial charge on any atom is 0.363 e. The average molecular weight is 437 g/mol. The molecular formula is C23H23N3O6. The Morgan fingerprint density at radius 3 is 2.25 bits per heavy atom. The molecule has 0 unspecified atom stereocenters. The average Bonchev–Trinajstić information content (AvgIpc) is 3.27.